The van der Waals surface area contributed by atoms with Crippen LogP contribution >= 0.6 is 11.8 Å². The summed E-state index contributed by atoms with van der Waals surface area (Å²) < 4.78 is 48.3. The van der Waals surface area contributed by atoms with Gasteiger partial charge in [0.1, 0.15) is 16.9 Å². The minimum atomic E-state index is -3.92. The number of hydrogen-bond donors (Lipinski definition) is 2. The van der Waals surface area contributed by atoms with Crippen LogP contribution < -0.4 is 14.4 Å². The molecule has 1 aliphatic rings. The van der Waals surface area contributed by atoms with Crippen molar-refractivity contribution in [3.8, 4) is 5.75 Å². The number of ether oxygens (including phenoxy) is 1. The van der Waals surface area contributed by atoms with E-state index in [1.807, 2.05) is 42.2 Å². The number of carboxylic acid groups (broad SMARTS) is 1. The van der Waals surface area contributed by atoms with Gasteiger partial charge in [-0.1, -0.05) is 44.9 Å². The predicted molar refractivity (Wildman–Crippen MR) is 127 cm³/mol. The van der Waals surface area contributed by atoms with Crippen molar-refractivity contribution in [2.45, 2.75) is 48.9 Å². The number of rotatable bonds is 9. The molecule has 2 aromatic rings. The molecule has 33 heavy (non-hydrogen) atoms. The number of anilines is 2. The van der Waals surface area contributed by atoms with Crippen molar-refractivity contribution >= 4 is 39.1 Å². The second-order valence-corrected chi connectivity index (χ2v) is 10.5. The zero-order valence-electron chi connectivity index (χ0n) is 18.5. The number of hydrogen-bond acceptors (Lipinski definition) is 6. The van der Waals surface area contributed by atoms with Crippen LogP contribution in [0.25, 0.3) is 0 Å². The van der Waals surface area contributed by atoms with Crippen molar-refractivity contribution in [3.05, 3.63) is 54.6 Å². The Morgan fingerprint density at radius 2 is 2.03 bits per heavy atom. The Hall–Kier alpha value is -2.56. The molecule has 0 bridgehead atoms. The van der Waals surface area contributed by atoms with E-state index in [2.05, 4.69) is 11.6 Å². The fourth-order valence-electron chi connectivity index (χ4n) is 3.57. The number of benzene rings is 2. The van der Waals surface area contributed by atoms with Crippen LogP contribution in [0.1, 0.15) is 33.1 Å². The van der Waals surface area contributed by atoms with Gasteiger partial charge in [0.25, 0.3) is 0 Å². The van der Waals surface area contributed by atoms with Crippen LogP contribution in [0.15, 0.2) is 64.3 Å². The van der Waals surface area contributed by atoms with Gasteiger partial charge in [0, 0.05) is 24.3 Å². The predicted octanol–water partition coefficient (Wildman–Crippen LogP) is 5.06. The number of para-hydroxylation sites is 1. The number of unbranched alkanes of at least 4 members (excludes halogenated alkanes) is 1. The third-order valence-corrected chi connectivity index (χ3v) is 7.57. The molecule has 0 amide bonds. The van der Waals surface area contributed by atoms with E-state index in [9.17, 15) is 17.6 Å². The zero-order valence-corrected chi connectivity index (χ0v) is 20.1. The fourth-order valence-corrected chi connectivity index (χ4v) is 5.79. The molecule has 0 fully saturated rings. The molecular weight excluding hydrogens is 467 g/mol. The molecule has 10 heteroatoms. The van der Waals surface area contributed by atoms with Gasteiger partial charge >= 0.3 is 5.97 Å². The number of halogens is 1. The van der Waals surface area contributed by atoms with Gasteiger partial charge in [-0.25, -0.2) is 17.9 Å². The third-order valence-electron chi connectivity index (χ3n) is 5.10. The highest BCUT2D eigenvalue weighted by molar-refractivity contribution is 7.99. The molecule has 1 heterocycles. The van der Waals surface area contributed by atoms with Gasteiger partial charge in [-0.15, -0.1) is 11.8 Å². The fraction of sp³-hybridized carbons (Fsp3) is 0.348. The summed E-state index contributed by atoms with van der Waals surface area (Å²) in [6.07, 6.45) is 2.96. The lowest BCUT2D eigenvalue weighted by Gasteiger charge is -2.27. The van der Waals surface area contributed by atoms with Crippen molar-refractivity contribution in [1.82, 2.24) is 4.72 Å². The first kappa shape index (κ1) is 25.1. The number of thioether (sulfide) groups is 1. The van der Waals surface area contributed by atoms with Gasteiger partial charge in [0.2, 0.25) is 15.9 Å². The number of sulfonamides is 1. The number of carboxylic acids is 1. The normalized spacial score (nSPS) is 17.8. The van der Waals surface area contributed by atoms with Crippen LogP contribution in [0.5, 0.6) is 5.75 Å². The van der Waals surface area contributed by atoms with Gasteiger partial charge < -0.3 is 14.7 Å². The Morgan fingerprint density at radius 3 is 2.67 bits per heavy atom. The van der Waals surface area contributed by atoms with E-state index in [4.69, 9.17) is 9.84 Å². The van der Waals surface area contributed by atoms with Crippen molar-refractivity contribution in [2.24, 2.45) is 0 Å². The molecule has 0 saturated heterocycles. The summed E-state index contributed by atoms with van der Waals surface area (Å²) in [6.45, 7) is 4.42. The van der Waals surface area contributed by atoms with Gasteiger partial charge in [-0.3, -0.25) is 0 Å². The molecule has 2 aromatic carbocycles. The van der Waals surface area contributed by atoms with E-state index in [-0.39, 0.29) is 16.7 Å². The second kappa shape index (κ2) is 11.0. The molecular formula is C23H27FN2O5S2. The van der Waals surface area contributed by atoms with E-state index < -0.39 is 21.8 Å². The Kier molecular flexibility index (Phi) is 8.39. The molecule has 0 aliphatic carbocycles. The van der Waals surface area contributed by atoms with Gasteiger partial charge in [0.05, 0.1) is 10.6 Å². The third kappa shape index (κ3) is 6.07. The summed E-state index contributed by atoms with van der Waals surface area (Å²) in [7, 11) is -3.92. The topological polar surface area (TPSA) is 95.9 Å². The Labute approximate surface area is 197 Å². The minimum Gasteiger partial charge on any atom is -0.476 e. The second-order valence-electron chi connectivity index (χ2n) is 7.50. The van der Waals surface area contributed by atoms with Crippen molar-refractivity contribution in [3.63, 3.8) is 0 Å². The average molecular weight is 495 g/mol. The molecule has 3 rings (SSSR count). The van der Waals surface area contributed by atoms with Crippen molar-refractivity contribution in [2.75, 3.05) is 17.2 Å². The minimum absolute atomic E-state index is 0.00932. The maximum Gasteiger partial charge on any atom is 0.368 e. The standard InChI is InChI=1S/C23H27FN2O5S2/c1-3-5-9-16-14-26(17-10-7-6-8-11-17)19-12-21(32-4-2)20(31-15-18(24)23(27)28)13-22(19)33(29,30)25-16/h6-8,10-13,15-16,25H,3-5,9,14H2,1-2H3,(H,27,28)/b18-15-. The lowest BCUT2D eigenvalue weighted by Crippen LogP contribution is -2.39. The highest BCUT2D eigenvalue weighted by Gasteiger charge is 2.33. The lowest BCUT2D eigenvalue weighted by molar-refractivity contribution is -0.134. The number of nitrogens with one attached hydrogen (secondary N) is 1. The van der Waals surface area contributed by atoms with Crippen LogP contribution in [0.4, 0.5) is 15.8 Å². The van der Waals surface area contributed by atoms with Crippen LogP contribution in [0.2, 0.25) is 0 Å². The Morgan fingerprint density at radius 1 is 1.30 bits per heavy atom. The van der Waals surface area contributed by atoms with Crippen LogP contribution in [0.3, 0.4) is 0 Å². The number of nitrogens with zero attached hydrogens (tertiary/aromatic N) is 1. The van der Waals surface area contributed by atoms with Crippen molar-refractivity contribution in [1.29, 1.82) is 0 Å². The summed E-state index contributed by atoms with van der Waals surface area (Å²) in [5.41, 5.74) is 1.33. The summed E-state index contributed by atoms with van der Waals surface area (Å²) in [5, 5.41) is 8.76. The van der Waals surface area contributed by atoms with E-state index >= 15 is 0 Å². The maximum atomic E-state index is 13.5. The van der Waals surface area contributed by atoms with E-state index in [1.165, 1.54) is 17.8 Å². The highest BCUT2D eigenvalue weighted by Crippen LogP contribution is 2.42. The Balaban J connectivity index is 2.18. The largest absolute Gasteiger partial charge is 0.476 e. The summed E-state index contributed by atoms with van der Waals surface area (Å²) in [6, 6.07) is 12.2. The lowest BCUT2D eigenvalue weighted by atomic mass is 10.1. The first-order chi connectivity index (χ1) is 15.8. The molecule has 0 aromatic heterocycles. The van der Waals surface area contributed by atoms with Crippen LogP contribution in [0, 0.1) is 0 Å². The summed E-state index contributed by atoms with van der Waals surface area (Å²) in [4.78, 5) is 13.3. The quantitative estimate of drug-likeness (QED) is 0.286. The van der Waals surface area contributed by atoms with Gasteiger partial charge in [-0.05, 0) is 30.4 Å². The van der Waals surface area contributed by atoms with Crippen LogP contribution in [-0.2, 0) is 14.8 Å². The van der Waals surface area contributed by atoms with E-state index in [0.29, 0.717) is 35.6 Å². The molecule has 178 valence electrons. The first-order valence-electron chi connectivity index (χ1n) is 10.7. The molecule has 0 spiro atoms. The van der Waals surface area contributed by atoms with Crippen LogP contribution in [-0.4, -0.2) is 37.8 Å². The number of carbonyl (C=O) groups is 1. The van der Waals surface area contributed by atoms with Crippen molar-refractivity contribution < 1.29 is 27.4 Å². The number of aliphatic carboxylic acids is 1. The Bertz CT molecular complexity index is 1120. The highest BCUT2D eigenvalue weighted by atomic mass is 32.2. The molecule has 7 nitrogen and oxygen atoms in total. The molecule has 0 radical (unpaired) electrons. The maximum absolute atomic E-state index is 13.5. The summed E-state index contributed by atoms with van der Waals surface area (Å²) >= 11 is 1.39. The first-order valence-corrected chi connectivity index (χ1v) is 13.1. The molecule has 1 unspecified atom stereocenters. The molecule has 1 aliphatic heterocycles. The smallest absolute Gasteiger partial charge is 0.368 e. The average Bonchev–Trinajstić information content (AvgIpc) is 2.90. The van der Waals surface area contributed by atoms with Gasteiger partial charge in [-0.2, -0.15) is 4.39 Å². The van der Waals surface area contributed by atoms with Gasteiger partial charge in [0.15, 0.2) is 0 Å². The van der Waals surface area contributed by atoms with E-state index in [1.54, 1.807) is 6.07 Å². The monoisotopic (exact) mass is 494 g/mol. The van der Waals surface area contributed by atoms with E-state index in [0.717, 1.165) is 18.5 Å². The molecule has 2 N–H and O–H groups in total. The number of fused-ring (bicyclic) bond motifs is 1. The molecule has 0 saturated carbocycles. The SMILES string of the molecule is CCCCC1CN(c2ccccc2)c2cc(SCC)c(O/C=C(\F)C(=O)O)cc2S(=O)(=O)N1. The molecule has 1 atom stereocenters. The zero-order chi connectivity index (χ0) is 24.0. The summed E-state index contributed by atoms with van der Waals surface area (Å²) in [5.74, 6) is -2.53.